The third-order valence-corrected chi connectivity index (χ3v) is 4.83. The molecule has 1 aliphatic rings. The molecule has 1 aromatic carbocycles. The minimum Gasteiger partial charge on any atom is -0.346 e. The van der Waals surface area contributed by atoms with Gasteiger partial charge in [-0.25, -0.2) is 0 Å². The molecule has 0 unspecified atom stereocenters. The van der Waals surface area contributed by atoms with Gasteiger partial charge in [-0.2, -0.15) is 5.10 Å². The Morgan fingerprint density at radius 1 is 1.26 bits per heavy atom. The molecule has 6 nitrogen and oxygen atoms in total. The van der Waals surface area contributed by atoms with Crippen LogP contribution in [0.25, 0.3) is 11.1 Å². The molecule has 138 valence electrons. The molecule has 0 aliphatic carbocycles. The van der Waals surface area contributed by atoms with E-state index < -0.39 is 0 Å². The van der Waals surface area contributed by atoms with E-state index >= 15 is 0 Å². The van der Waals surface area contributed by atoms with E-state index in [2.05, 4.69) is 26.8 Å². The predicted octanol–water partition coefficient (Wildman–Crippen LogP) is 2.68. The maximum atomic E-state index is 12.9. The van der Waals surface area contributed by atoms with E-state index in [9.17, 15) is 4.79 Å². The predicted molar refractivity (Wildman–Crippen MR) is 104 cm³/mol. The molecule has 3 heterocycles. The minimum absolute atomic E-state index is 0.124. The quantitative estimate of drug-likeness (QED) is 0.749. The standard InChI is InChI=1S/C21H23N5O/c1-15-20(19(8-10-23-15)16-6-3-2-4-7-16)21(27)24-13-17-12-18-14-22-9-5-11-26(18)25-17/h2-4,6-8,10,12,22H,5,9,11,13-14H2,1H3,(H,24,27). The fourth-order valence-corrected chi connectivity index (χ4v) is 3.48. The highest BCUT2D eigenvalue weighted by molar-refractivity contribution is 6.01. The Balaban J connectivity index is 1.54. The molecule has 1 aliphatic heterocycles. The largest absolute Gasteiger partial charge is 0.346 e. The summed E-state index contributed by atoms with van der Waals surface area (Å²) in [6, 6.07) is 13.9. The number of pyridine rings is 1. The smallest absolute Gasteiger partial charge is 0.254 e. The third kappa shape index (κ3) is 3.75. The fraction of sp³-hybridized carbons (Fsp3) is 0.286. The number of nitrogens with zero attached hydrogens (tertiary/aromatic N) is 3. The number of aryl methyl sites for hydroxylation is 2. The van der Waals surface area contributed by atoms with Crippen LogP contribution in [0.15, 0.2) is 48.7 Å². The Hall–Kier alpha value is -2.99. The number of amides is 1. The summed E-state index contributed by atoms with van der Waals surface area (Å²) in [5.74, 6) is -0.124. The lowest BCUT2D eigenvalue weighted by Gasteiger charge is -2.12. The molecule has 2 aromatic heterocycles. The maximum absolute atomic E-state index is 12.9. The van der Waals surface area contributed by atoms with Crippen LogP contribution in [0, 0.1) is 6.92 Å². The summed E-state index contributed by atoms with van der Waals surface area (Å²) in [5, 5.41) is 11.0. The second-order valence-electron chi connectivity index (χ2n) is 6.75. The van der Waals surface area contributed by atoms with Gasteiger partial charge in [0.05, 0.1) is 29.2 Å². The topological polar surface area (TPSA) is 71.8 Å². The van der Waals surface area contributed by atoms with Crippen LogP contribution in [0.1, 0.15) is 33.9 Å². The maximum Gasteiger partial charge on any atom is 0.254 e. The number of nitrogens with one attached hydrogen (secondary N) is 2. The van der Waals surface area contributed by atoms with Crippen molar-refractivity contribution in [2.45, 2.75) is 33.0 Å². The Kier molecular flexibility index (Phi) is 4.98. The first kappa shape index (κ1) is 17.4. The number of carbonyl (C=O) groups is 1. The molecule has 0 radical (unpaired) electrons. The van der Waals surface area contributed by atoms with Gasteiger partial charge in [0.25, 0.3) is 5.91 Å². The van der Waals surface area contributed by atoms with Gasteiger partial charge in [-0.3, -0.25) is 14.5 Å². The van der Waals surface area contributed by atoms with E-state index in [0.717, 1.165) is 48.6 Å². The normalized spacial score (nSPS) is 13.7. The Morgan fingerprint density at radius 3 is 2.96 bits per heavy atom. The van der Waals surface area contributed by atoms with Crippen molar-refractivity contribution in [3.63, 3.8) is 0 Å². The molecule has 0 saturated carbocycles. The summed E-state index contributed by atoms with van der Waals surface area (Å²) >= 11 is 0. The van der Waals surface area contributed by atoms with E-state index in [0.29, 0.717) is 12.1 Å². The van der Waals surface area contributed by atoms with Crippen LogP contribution >= 0.6 is 0 Å². The monoisotopic (exact) mass is 361 g/mol. The van der Waals surface area contributed by atoms with Crippen molar-refractivity contribution in [1.29, 1.82) is 0 Å². The average Bonchev–Trinajstić information content (AvgIpc) is 2.95. The van der Waals surface area contributed by atoms with Crippen molar-refractivity contribution in [3.8, 4) is 11.1 Å². The highest BCUT2D eigenvalue weighted by Gasteiger charge is 2.17. The van der Waals surface area contributed by atoms with Gasteiger partial charge in [0.15, 0.2) is 0 Å². The van der Waals surface area contributed by atoms with Crippen molar-refractivity contribution in [2.24, 2.45) is 0 Å². The molecule has 4 rings (SSSR count). The third-order valence-electron chi connectivity index (χ3n) is 4.83. The van der Waals surface area contributed by atoms with Crippen molar-refractivity contribution >= 4 is 5.91 Å². The lowest BCUT2D eigenvalue weighted by atomic mass is 9.99. The molecule has 1 amide bonds. The van der Waals surface area contributed by atoms with Gasteiger partial charge in [-0.05, 0) is 43.1 Å². The van der Waals surface area contributed by atoms with Crippen LogP contribution in [0.3, 0.4) is 0 Å². The second-order valence-corrected chi connectivity index (χ2v) is 6.75. The van der Waals surface area contributed by atoms with Crippen molar-refractivity contribution in [3.05, 3.63) is 71.3 Å². The van der Waals surface area contributed by atoms with Crippen LogP contribution < -0.4 is 10.6 Å². The van der Waals surface area contributed by atoms with Gasteiger partial charge < -0.3 is 10.6 Å². The van der Waals surface area contributed by atoms with E-state index in [1.165, 1.54) is 5.69 Å². The molecule has 3 aromatic rings. The van der Waals surface area contributed by atoms with Crippen molar-refractivity contribution in [2.75, 3.05) is 6.54 Å². The SMILES string of the molecule is Cc1nccc(-c2ccccc2)c1C(=O)NCc1cc2n(n1)CCCNC2. The van der Waals surface area contributed by atoms with Gasteiger partial charge in [0.2, 0.25) is 0 Å². The van der Waals surface area contributed by atoms with E-state index in [1.54, 1.807) is 6.20 Å². The van der Waals surface area contributed by atoms with E-state index in [4.69, 9.17) is 0 Å². The number of rotatable bonds is 4. The Morgan fingerprint density at radius 2 is 2.11 bits per heavy atom. The van der Waals surface area contributed by atoms with Crippen molar-refractivity contribution in [1.82, 2.24) is 25.4 Å². The second kappa shape index (κ2) is 7.72. The first-order chi connectivity index (χ1) is 13.2. The molecule has 0 atom stereocenters. The lowest BCUT2D eigenvalue weighted by Crippen LogP contribution is -2.25. The summed E-state index contributed by atoms with van der Waals surface area (Å²) < 4.78 is 2.03. The van der Waals surface area contributed by atoms with Crippen LogP contribution in [0.2, 0.25) is 0 Å². The molecule has 27 heavy (non-hydrogen) atoms. The average molecular weight is 361 g/mol. The molecule has 0 bridgehead atoms. The van der Waals surface area contributed by atoms with Crippen molar-refractivity contribution < 1.29 is 4.79 Å². The molecule has 0 saturated heterocycles. The van der Waals surface area contributed by atoms with Crippen LogP contribution in [-0.2, 0) is 19.6 Å². The molecule has 0 fully saturated rings. The summed E-state index contributed by atoms with van der Waals surface area (Å²) in [5.41, 5.74) is 5.28. The lowest BCUT2D eigenvalue weighted by molar-refractivity contribution is 0.0950. The van der Waals surface area contributed by atoms with Gasteiger partial charge in [-0.1, -0.05) is 30.3 Å². The molecular weight excluding hydrogens is 338 g/mol. The fourth-order valence-electron chi connectivity index (χ4n) is 3.48. The summed E-state index contributed by atoms with van der Waals surface area (Å²) in [6.07, 6.45) is 2.81. The van der Waals surface area contributed by atoms with E-state index in [-0.39, 0.29) is 5.91 Å². The molecule has 6 heteroatoms. The van der Waals surface area contributed by atoms with Gasteiger partial charge >= 0.3 is 0 Å². The zero-order valence-electron chi connectivity index (χ0n) is 15.4. The zero-order chi connectivity index (χ0) is 18.6. The highest BCUT2D eigenvalue weighted by atomic mass is 16.1. The number of benzene rings is 1. The highest BCUT2D eigenvalue weighted by Crippen LogP contribution is 2.25. The molecular formula is C21H23N5O. The number of carbonyl (C=O) groups excluding carboxylic acids is 1. The summed E-state index contributed by atoms with van der Waals surface area (Å²) in [4.78, 5) is 17.2. The first-order valence-electron chi connectivity index (χ1n) is 9.28. The first-order valence-corrected chi connectivity index (χ1v) is 9.28. The summed E-state index contributed by atoms with van der Waals surface area (Å²) in [6.45, 7) is 5.02. The number of fused-ring (bicyclic) bond motifs is 1. The zero-order valence-corrected chi connectivity index (χ0v) is 15.4. The molecule has 2 N–H and O–H groups in total. The number of aromatic nitrogens is 3. The van der Waals surface area contributed by atoms with Crippen LogP contribution in [0.5, 0.6) is 0 Å². The molecule has 0 spiro atoms. The van der Waals surface area contributed by atoms with Gasteiger partial charge in [0, 0.05) is 19.3 Å². The number of hydrogen-bond donors (Lipinski definition) is 2. The van der Waals surface area contributed by atoms with Crippen LogP contribution in [-0.4, -0.2) is 27.2 Å². The van der Waals surface area contributed by atoms with Crippen LogP contribution in [0.4, 0.5) is 0 Å². The van der Waals surface area contributed by atoms with E-state index in [1.807, 2.05) is 48.0 Å². The number of hydrogen-bond acceptors (Lipinski definition) is 4. The Bertz CT molecular complexity index is 925. The Labute approximate surface area is 158 Å². The van der Waals surface area contributed by atoms with Gasteiger partial charge in [0.1, 0.15) is 0 Å². The van der Waals surface area contributed by atoms with Gasteiger partial charge in [-0.15, -0.1) is 0 Å². The minimum atomic E-state index is -0.124. The summed E-state index contributed by atoms with van der Waals surface area (Å²) in [7, 11) is 0.